The van der Waals surface area contributed by atoms with Crippen LogP contribution < -0.4 is 0 Å². The predicted molar refractivity (Wildman–Crippen MR) is 149 cm³/mol. The van der Waals surface area contributed by atoms with E-state index in [0.29, 0.717) is 5.56 Å². The molecular weight excluding hydrogens is 452 g/mol. The number of thioether (sulfide) groups is 2. The number of hydrogen-bond donors (Lipinski definition) is 0. The third-order valence-corrected chi connectivity index (χ3v) is 7.79. The monoisotopic (exact) mass is 478 g/mol. The first-order chi connectivity index (χ1) is 16.8. The van der Waals surface area contributed by atoms with E-state index in [2.05, 4.69) is 60.7 Å². The molecular formula is C31H26OS2. The second-order valence-electron chi connectivity index (χ2n) is 7.69. The van der Waals surface area contributed by atoms with E-state index >= 15 is 0 Å². The Hall–Kier alpha value is -3.27. The number of Topliss-reactive ketones (excluding diaryl/α,β-unsaturated/α-hetero) is 1. The molecule has 34 heavy (non-hydrogen) atoms. The average molecular weight is 479 g/mol. The normalized spacial score (nSPS) is 10.8. The number of hydrogen-bond acceptors (Lipinski definition) is 3. The minimum absolute atomic E-state index is 0.0453. The van der Waals surface area contributed by atoms with Crippen LogP contribution in [0.3, 0.4) is 0 Å². The molecule has 0 aliphatic heterocycles. The van der Waals surface area contributed by atoms with Gasteiger partial charge in [-0.25, -0.2) is 0 Å². The molecule has 0 unspecified atom stereocenters. The Kier molecular flexibility index (Phi) is 9.01. The van der Waals surface area contributed by atoms with Gasteiger partial charge >= 0.3 is 0 Å². The van der Waals surface area contributed by atoms with E-state index in [4.69, 9.17) is 0 Å². The Morgan fingerprint density at radius 1 is 0.588 bits per heavy atom. The number of ketones is 1. The van der Waals surface area contributed by atoms with Crippen molar-refractivity contribution in [3.05, 3.63) is 159 Å². The first-order valence-corrected chi connectivity index (χ1v) is 13.2. The van der Waals surface area contributed by atoms with E-state index in [1.807, 2.05) is 72.8 Å². The molecule has 4 rings (SSSR count). The summed E-state index contributed by atoms with van der Waals surface area (Å²) in [5.41, 5.74) is 4.99. The van der Waals surface area contributed by atoms with Gasteiger partial charge in [-0.2, -0.15) is 0 Å². The molecule has 0 radical (unpaired) electrons. The van der Waals surface area contributed by atoms with Gasteiger partial charge in [-0.3, -0.25) is 4.79 Å². The van der Waals surface area contributed by atoms with E-state index in [0.717, 1.165) is 26.9 Å². The fraction of sp³-hybridized carbons (Fsp3) is 0.0645. The topological polar surface area (TPSA) is 17.1 Å². The van der Waals surface area contributed by atoms with Crippen molar-refractivity contribution in [3.63, 3.8) is 0 Å². The molecule has 0 heterocycles. The van der Waals surface area contributed by atoms with Gasteiger partial charge in [0.1, 0.15) is 0 Å². The number of carbonyl (C=O) groups is 1. The van der Waals surface area contributed by atoms with Gasteiger partial charge in [-0.05, 0) is 22.8 Å². The molecule has 0 aromatic heterocycles. The molecule has 0 N–H and O–H groups in total. The van der Waals surface area contributed by atoms with Crippen molar-refractivity contribution >= 4 is 35.4 Å². The van der Waals surface area contributed by atoms with E-state index in [1.165, 1.54) is 11.1 Å². The summed E-state index contributed by atoms with van der Waals surface area (Å²) in [4.78, 5) is 13.7. The molecule has 0 aliphatic carbocycles. The van der Waals surface area contributed by atoms with E-state index < -0.39 is 0 Å². The van der Waals surface area contributed by atoms with E-state index in [9.17, 15) is 4.79 Å². The maximum Gasteiger partial charge on any atom is 0.194 e. The van der Waals surface area contributed by atoms with Crippen LogP contribution >= 0.6 is 23.5 Å². The number of rotatable bonds is 10. The lowest BCUT2D eigenvalue weighted by Gasteiger charge is -2.13. The minimum Gasteiger partial charge on any atom is -0.289 e. The molecule has 4 aromatic rings. The molecule has 0 bridgehead atoms. The molecule has 3 heteroatoms. The second-order valence-corrected chi connectivity index (χ2v) is 9.92. The van der Waals surface area contributed by atoms with Crippen LogP contribution in [0, 0.1) is 0 Å². The van der Waals surface area contributed by atoms with Crippen LogP contribution in [-0.4, -0.2) is 5.78 Å². The standard InChI is InChI=1S/C31H26OS2/c32-30(28-19-11-4-12-20-28)29(22-21-25-13-5-1-6-14-25)31(33-23-26-15-7-2-8-16-26)34-24-27-17-9-3-10-18-27/h1-22H,23-24H2/b22-21+. The Morgan fingerprint density at radius 3 is 1.53 bits per heavy atom. The van der Waals surface area contributed by atoms with Crippen molar-refractivity contribution in [3.8, 4) is 0 Å². The van der Waals surface area contributed by atoms with Gasteiger partial charge in [0, 0.05) is 22.6 Å². The molecule has 0 saturated carbocycles. The Labute approximate surface area is 210 Å². The van der Waals surface area contributed by atoms with Gasteiger partial charge in [-0.15, -0.1) is 23.5 Å². The molecule has 0 fully saturated rings. The number of benzene rings is 4. The predicted octanol–water partition coefficient (Wildman–Crippen LogP) is 8.66. The zero-order valence-corrected chi connectivity index (χ0v) is 20.5. The second kappa shape index (κ2) is 12.8. The van der Waals surface area contributed by atoms with Gasteiger partial charge in [0.05, 0.1) is 4.24 Å². The largest absolute Gasteiger partial charge is 0.289 e. The van der Waals surface area contributed by atoms with Crippen molar-refractivity contribution in [2.45, 2.75) is 11.5 Å². The Morgan fingerprint density at radius 2 is 1.03 bits per heavy atom. The summed E-state index contributed by atoms with van der Waals surface area (Å²) in [6, 6.07) is 40.5. The SMILES string of the molecule is O=C(C(/C=C/c1ccccc1)=C(SCc1ccccc1)SCc1ccccc1)c1ccccc1. The van der Waals surface area contributed by atoms with E-state index in [-0.39, 0.29) is 5.78 Å². The molecule has 0 amide bonds. The van der Waals surface area contributed by atoms with Crippen molar-refractivity contribution in [2.75, 3.05) is 0 Å². The Bertz CT molecular complexity index is 1190. The highest BCUT2D eigenvalue weighted by molar-refractivity contribution is 8.21. The maximum absolute atomic E-state index is 13.7. The summed E-state index contributed by atoms with van der Waals surface area (Å²) in [5.74, 6) is 1.66. The fourth-order valence-electron chi connectivity index (χ4n) is 3.37. The molecule has 0 spiro atoms. The summed E-state index contributed by atoms with van der Waals surface area (Å²) in [5, 5.41) is 0. The van der Waals surface area contributed by atoms with Crippen molar-refractivity contribution < 1.29 is 4.79 Å². The third-order valence-electron chi connectivity index (χ3n) is 5.17. The minimum atomic E-state index is 0.0453. The Balaban J connectivity index is 1.71. The zero-order chi connectivity index (χ0) is 23.4. The van der Waals surface area contributed by atoms with Crippen LogP contribution in [0.4, 0.5) is 0 Å². The molecule has 168 valence electrons. The van der Waals surface area contributed by atoms with Crippen LogP contribution in [0.25, 0.3) is 6.08 Å². The molecule has 0 aliphatic rings. The van der Waals surface area contributed by atoms with Gasteiger partial charge in [0.15, 0.2) is 5.78 Å². The van der Waals surface area contributed by atoms with Gasteiger partial charge in [-0.1, -0.05) is 127 Å². The first kappa shape index (κ1) is 23.9. The smallest absolute Gasteiger partial charge is 0.194 e. The lowest BCUT2D eigenvalue weighted by molar-refractivity contribution is 0.103. The van der Waals surface area contributed by atoms with E-state index in [1.54, 1.807) is 23.5 Å². The molecule has 0 atom stereocenters. The van der Waals surface area contributed by atoms with Crippen LogP contribution in [0.5, 0.6) is 0 Å². The van der Waals surface area contributed by atoms with Gasteiger partial charge in [0.25, 0.3) is 0 Å². The molecule has 0 saturated heterocycles. The lowest BCUT2D eigenvalue weighted by atomic mass is 10.0. The van der Waals surface area contributed by atoms with Crippen LogP contribution in [0.2, 0.25) is 0 Å². The highest BCUT2D eigenvalue weighted by Crippen LogP contribution is 2.38. The first-order valence-electron chi connectivity index (χ1n) is 11.2. The fourth-order valence-corrected chi connectivity index (χ4v) is 5.67. The van der Waals surface area contributed by atoms with Crippen LogP contribution in [0.15, 0.2) is 137 Å². The summed E-state index contributed by atoms with van der Waals surface area (Å²) in [7, 11) is 0. The van der Waals surface area contributed by atoms with Crippen molar-refractivity contribution in [1.29, 1.82) is 0 Å². The number of allylic oxidation sites excluding steroid dienone is 2. The van der Waals surface area contributed by atoms with Gasteiger partial charge < -0.3 is 0 Å². The van der Waals surface area contributed by atoms with Crippen molar-refractivity contribution in [1.82, 2.24) is 0 Å². The molecule has 1 nitrogen and oxygen atoms in total. The lowest BCUT2D eigenvalue weighted by Crippen LogP contribution is -2.03. The highest BCUT2D eigenvalue weighted by Gasteiger charge is 2.17. The highest BCUT2D eigenvalue weighted by atomic mass is 32.2. The van der Waals surface area contributed by atoms with Crippen LogP contribution in [0.1, 0.15) is 27.0 Å². The zero-order valence-electron chi connectivity index (χ0n) is 18.8. The van der Waals surface area contributed by atoms with Crippen molar-refractivity contribution in [2.24, 2.45) is 0 Å². The maximum atomic E-state index is 13.7. The quantitative estimate of drug-likeness (QED) is 0.129. The summed E-state index contributed by atoms with van der Waals surface area (Å²) in [6.45, 7) is 0. The average Bonchev–Trinajstić information content (AvgIpc) is 2.92. The summed E-state index contributed by atoms with van der Waals surface area (Å²) < 4.78 is 1.04. The summed E-state index contributed by atoms with van der Waals surface area (Å²) in [6.07, 6.45) is 4.01. The number of carbonyl (C=O) groups excluding carboxylic acids is 1. The van der Waals surface area contributed by atoms with Crippen LogP contribution in [-0.2, 0) is 11.5 Å². The third kappa shape index (κ3) is 7.11. The molecule has 4 aromatic carbocycles. The summed E-state index contributed by atoms with van der Waals surface area (Å²) >= 11 is 3.46. The van der Waals surface area contributed by atoms with Gasteiger partial charge in [0.2, 0.25) is 0 Å².